The Morgan fingerprint density at radius 3 is 2.40 bits per heavy atom. The van der Waals surface area contributed by atoms with Crippen LogP contribution in [0.25, 0.3) is 0 Å². The number of anilines is 2. The predicted octanol–water partition coefficient (Wildman–Crippen LogP) is 6.48. The molecule has 2 atom stereocenters. The monoisotopic (exact) mass is 518 g/mol. The van der Waals surface area contributed by atoms with Gasteiger partial charge in [-0.25, -0.2) is 4.68 Å². The molecule has 6 nitrogen and oxygen atoms in total. The lowest BCUT2D eigenvalue weighted by Crippen LogP contribution is -2.35. The highest BCUT2D eigenvalue weighted by Crippen LogP contribution is 2.44. The summed E-state index contributed by atoms with van der Waals surface area (Å²) in [6.45, 7) is 0. The molecule has 0 aliphatic carbocycles. The highest BCUT2D eigenvalue weighted by Gasteiger charge is 2.47. The number of nitrogens with one attached hydrogen (secondary N) is 2. The van der Waals surface area contributed by atoms with Gasteiger partial charge in [0.15, 0.2) is 11.7 Å². The number of rotatable bonds is 4. The van der Waals surface area contributed by atoms with E-state index in [2.05, 4.69) is 15.7 Å². The summed E-state index contributed by atoms with van der Waals surface area (Å²) in [5.74, 6) is -0.679. The molecule has 0 unspecified atom stereocenters. The van der Waals surface area contributed by atoms with Crippen molar-refractivity contribution in [2.45, 2.75) is 30.9 Å². The highest BCUT2D eigenvalue weighted by atomic mass is 35.5. The largest absolute Gasteiger partial charge is 0.497 e. The number of hydrogen-bond donors (Lipinski definition) is 2. The third-order valence-corrected chi connectivity index (χ3v) is 5.71. The van der Waals surface area contributed by atoms with Crippen LogP contribution in [0, 0.1) is 0 Å². The maximum atomic E-state index is 13.9. The number of carbonyl (C=O) groups is 1. The standard InChI is InChI=1S/C22H17ClF6N4O2/c1-35-13-5-2-11(3-6-13)16-9-18(22(27,28)29)33-19(30-16)10-17(32-33)20(34)31-15-7-4-12(23)8-14(15)21(24,25)26/h2-8,10,16,18,30H,9H2,1H3,(H,31,34)/t16-,18+/m1/s1. The Kier molecular flexibility index (Phi) is 6.34. The molecule has 0 saturated heterocycles. The lowest BCUT2D eigenvalue weighted by Gasteiger charge is -2.33. The van der Waals surface area contributed by atoms with Crippen molar-refractivity contribution in [3.05, 3.63) is 70.4 Å². The second-order valence-electron chi connectivity index (χ2n) is 7.76. The van der Waals surface area contributed by atoms with Crippen molar-refractivity contribution in [1.82, 2.24) is 9.78 Å². The molecule has 1 amide bonds. The molecule has 0 spiro atoms. The van der Waals surface area contributed by atoms with E-state index in [-0.39, 0.29) is 10.8 Å². The molecule has 1 aromatic heterocycles. The molecule has 13 heteroatoms. The molecule has 4 rings (SSSR count). The molecular weight excluding hydrogens is 502 g/mol. The van der Waals surface area contributed by atoms with E-state index < -0.39 is 53.7 Å². The lowest BCUT2D eigenvalue weighted by molar-refractivity contribution is -0.173. The minimum absolute atomic E-state index is 0.100. The van der Waals surface area contributed by atoms with E-state index in [0.717, 1.165) is 18.2 Å². The number of alkyl halides is 6. The molecule has 1 aliphatic rings. The molecular formula is C22H17ClF6N4O2. The fraction of sp³-hybridized carbons (Fsp3) is 0.273. The average Bonchev–Trinajstić information content (AvgIpc) is 3.22. The van der Waals surface area contributed by atoms with Crippen LogP contribution < -0.4 is 15.4 Å². The summed E-state index contributed by atoms with van der Waals surface area (Å²) in [7, 11) is 1.46. The molecule has 0 radical (unpaired) electrons. The maximum absolute atomic E-state index is 13.9. The Bertz CT molecular complexity index is 1240. The van der Waals surface area contributed by atoms with Gasteiger partial charge in [-0.3, -0.25) is 4.79 Å². The van der Waals surface area contributed by atoms with Crippen molar-refractivity contribution in [2.75, 3.05) is 17.7 Å². The van der Waals surface area contributed by atoms with Crippen LogP contribution in [0.1, 0.15) is 40.1 Å². The quantitative estimate of drug-likeness (QED) is 0.388. The summed E-state index contributed by atoms with van der Waals surface area (Å²) >= 11 is 5.63. The fourth-order valence-corrected chi connectivity index (χ4v) is 3.96. The van der Waals surface area contributed by atoms with E-state index in [9.17, 15) is 31.1 Å². The molecule has 2 heterocycles. The van der Waals surface area contributed by atoms with E-state index >= 15 is 0 Å². The van der Waals surface area contributed by atoms with Crippen LogP contribution in [-0.4, -0.2) is 29.0 Å². The van der Waals surface area contributed by atoms with Gasteiger partial charge in [-0.1, -0.05) is 23.7 Å². The third-order valence-electron chi connectivity index (χ3n) is 5.48. The Morgan fingerprint density at radius 2 is 1.80 bits per heavy atom. The second-order valence-corrected chi connectivity index (χ2v) is 8.20. The molecule has 1 aliphatic heterocycles. The number of halogens is 7. The van der Waals surface area contributed by atoms with Gasteiger partial charge in [0.1, 0.15) is 11.6 Å². The van der Waals surface area contributed by atoms with Crippen LogP contribution in [0.15, 0.2) is 48.5 Å². The summed E-state index contributed by atoms with van der Waals surface area (Å²) in [4.78, 5) is 12.7. The first-order valence-electron chi connectivity index (χ1n) is 10.1. The predicted molar refractivity (Wildman–Crippen MR) is 116 cm³/mol. The van der Waals surface area contributed by atoms with Gasteiger partial charge in [-0.15, -0.1) is 0 Å². The van der Waals surface area contributed by atoms with Crippen LogP contribution in [0.3, 0.4) is 0 Å². The molecule has 0 fully saturated rings. The van der Waals surface area contributed by atoms with Crippen LogP contribution in [0.4, 0.5) is 37.8 Å². The van der Waals surface area contributed by atoms with Gasteiger partial charge in [0, 0.05) is 17.5 Å². The SMILES string of the molecule is COc1ccc([C@H]2C[C@@H](C(F)(F)F)n3nc(C(=O)Nc4ccc(Cl)cc4C(F)(F)F)cc3N2)cc1. The van der Waals surface area contributed by atoms with Crippen LogP contribution >= 0.6 is 11.6 Å². The number of nitrogens with zero attached hydrogens (tertiary/aromatic N) is 2. The number of ether oxygens (including phenoxy) is 1. The summed E-state index contributed by atoms with van der Waals surface area (Å²) in [5, 5.41) is 8.53. The van der Waals surface area contributed by atoms with Crippen molar-refractivity contribution in [3.63, 3.8) is 0 Å². The summed E-state index contributed by atoms with van der Waals surface area (Å²) in [6, 6.07) is 7.41. The van der Waals surface area contributed by atoms with Gasteiger partial charge in [-0.2, -0.15) is 31.4 Å². The smallest absolute Gasteiger partial charge is 0.418 e. The minimum atomic E-state index is -4.82. The van der Waals surface area contributed by atoms with E-state index in [1.807, 2.05) is 0 Å². The Balaban J connectivity index is 1.65. The van der Waals surface area contributed by atoms with Crippen molar-refractivity contribution in [1.29, 1.82) is 0 Å². The number of amides is 1. The lowest BCUT2D eigenvalue weighted by atomic mass is 9.97. The summed E-state index contributed by atoms with van der Waals surface area (Å²) in [5.41, 5.74) is -1.74. The second kappa shape index (κ2) is 8.99. The molecule has 35 heavy (non-hydrogen) atoms. The Hall–Kier alpha value is -3.41. The van der Waals surface area contributed by atoms with Crippen LogP contribution in [0.2, 0.25) is 5.02 Å². The van der Waals surface area contributed by atoms with E-state index in [1.54, 1.807) is 24.3 Å². The van der Waals surface area contributed by atoms with Gasteiger partial charge in [0.2, 0.25) is 0 Å². The first kappa shape index (κ1) is 24.7. The number of fused-ring (bicyclic) bond motifs is 1. The van der Waals surface area contributed by atoms with E-state index in [4.69, 9.17) is 16.3 Å². The average molecular weight is 519 g/mol. The zero-order valence-corrected chi connectivity index (χ0v) is 18.6. The van der Waals surface area contributed by atoms with Crippen molar-refractivity contribution in [2.24, 2.45) is 0 Å². The molecule has 2 aromatic carbocycles. The minimum Gasteiger partial charge on any atom is -0.497 e. The van der Waals surface area contributed by atoms with Crippen molar-refractivity contribution < 1.29 is 35.9 Å². The fourth-order valence-electron chi connectivity index (χ4n) is 3.79. The summed E-state index contributed by atoms with van der Waals surface area (Å²) < 4.78 is 87.3. The number of carbonyl (C=O) groups excluding carboxylic acids is 1. The first-order valence-corrected chi connectivity index (χ1v) is 10.5. The van der Waals surface area contributed by atoms with Crippen LogP contribution in [0.5, 0.6) is 5.75 Å². The van der Waals surface area contributed by atoms with Gasteiger partial charge < -0.3 is 15.4 Å². The molecule has 0 saturated carbocycles. The number of hydrogen-bond acceptors (Lipinski definition) is 4. The Morgan fingerprint density at radius 1 is 1.11 bits per heavy atom. The van der Waals surface area contributed by atoms with Gasteiger partial charge >= 0.3 is 12.4 Å². The van der Waals surface area contributed by atoms with Crippen molar-refractivity contribution >= 4 is 29.0 Å². The molecule has 0 bridgehead atoms. The zero-order valence-electron chi connectivity index (χ0n) is 17.8. The van der Waals surface area contributed by atoms with Gasteiger partial charge in [0.25, 0.3) is 5.91 Å². The molecule has 3 aromatic rings. The highest BCUT2D eigenvalue weighted by molar-refractivity contribution is 6.30. The number of methoxy groups -OCH3 is 1. The number of aromatic nitrogens is 2. The number of benzene rings is 2. The normalized spacial score (nSPS) is 17.9. The molecule has 2 N–H and O–H groups in total. The topological polar surface area (TPSA) is 68.2 Å². The maximum Gasteiger partial charge on any atom is 0.418 e. The van der Waals surface area contributed by atoms with Crippen molar-refractivity contribution in [3.8, 4) is 5.75 Å². The van der Waals surface area contributed by atoms with Crippen LogP contribution in [-0.2, 0) is 6.18 Å². The van der Waals surface area contributed by atoms with E-state index in [0.29, 0.717) is 22.1 Å². The first-order chi connectivity index (χ1) is 16.4. The molecule has 186 valence electrons. The van der Waals surface area contributed by atoms with Gasteiger partial charge in [0.05, 0.1) is 24.4 Å². The van der Waals surface area contributed by atoms with E-state index in [1.165, 1.54) is 7.11 Å². The summed E-state index contributed by atoms with van der Waals surface area (Å²) in [6.07, 6.45) is -9.93. The third kappa shape index (κ3) is 5.16. The Labute approximate surface area is 199 Å². The zero-order chi connectivity index (χ0) is 25.5. The van der Waals surface area contributed by atoms with Gasteiger partial charge in [-0.05, 0) is 35.9 Å².